The molecule has 0 spiro atoms. The molecule has 1 aromatic rings. The van der Waals surface area contributed by atoms with Gasteiger partial charge in [0.1, 0.15) is 0 Å². The van der Waals surface area contributed by atoms with E-state index in [1.807, 2.05) is 0 Å². The standard InChI is InChI=1S/C7H8ClN3O3S/c1-13-4(12)3-15-7-10-5(8)9-6(11-7)14-2/h3H2,1-2H3. The Bertz CT molecular complexity index is 363. The highest BCUT2D eigenvalue weighted by Gasteiger charge is 2.08. The normalized spacial score (nSPS) is 9.80. The molecule has 6 nitrogen and oxygen atoms in total. The van der Waals surface area contributed by atoms with Crippen molar-refractivity contribution < 1.29 is 14.3 Å². The highest BCUT2D eigenvalue weighted by Crippen LogP contribution is 2.17. The molecule has 0 aliphatic carbocycles. The van der Waals surface area contributed by atoms with Gasteiger partial charge < -0.3 is 9.47 Å². The highest BCUT2D eigenvalue weighted by atomic mass is 35.5. The van der Waals surface area contributed by atoms with Crippen molar-refractivity contribution in [3.05, 3.63) is 5.28 Å². The zero-order valence-corrected chi connectivity index (χ0v) is 9.63. The summed E-state index contributed by atoms with van der Waals surface area (Å²) in [6.45, 7) is 0. The van der Waals surface area contributed by atoms with Gasteiger partial charge in [0.25, 0.3) is 0 Å². The van der Waals surface area contributed by atoms with Crippen molar-refractivity contribution >= 4 is 29.3 Å². The minimum absolute atomic E-state index is 0.0224. The Hall–Kier alpha value is -1.08. The number of rotatable bonds is 4. The predicted octanol–water partition coefficient (Wildman–Crippen LogP) is 0.799. The fourth-order valence-corrected chi connectivity index (χ4v) is 1.51. The van der Waals surface area contributed by atoms with Gasteiger partial charge in [-0.15, -0.1) is 0 Å². The topological polar surface area (TPSA) is 74.2 Å². The zero-order chi connectivity index (χ0) is 11.3. The molecule has 1 aromatic heterocycles. The maximum absolute atomic E-state index is 10.8. The summed E-state index contributed by atoms with van der Waals surface area (Å²) in [5.41, 5.74) is 0. The third-order valence-electron chi connectivity index (χ3n) is 1.30. The fraction of sp³-hybridized carbons (Fsp3) is 0.429. The van der Waals surface area contributed by atoms with E-state index in [4.69, 9.17) is 16.3 Å². The molecule has 0 unspecified atom stereocenters. The number of aromatic nitrogens is 3. The molecule has 0 aromatic carbocycles. The van der Waals surface area contributed by atoms with Crippen molar-refractivity contribution in [1.29, 1.82) is 0 Å². The van der Waals surface area contributed by atoms with Crippen LogP contribution in [0.1, 0.15) is 0 Å². The van der Waals surface area contributed by atoms with E-state index in [9.17, 15) is 4.79 Å². The molecule has 1 heterocycles. The Morgan fingerprint density at radius 3 is 2.73 bits per heavy atom. The summed E-state index contributed by atoms with van der Waals surface area (Å²) in [5.74, 6) is -0.254. The summed E-state index contributed by atoms with van der Waals surface area (Å²) >= 11 is 6.70. The molecule has 0 N–H and O–H groups in total. The molecule has 0 fully saturated rings. The lowest BCUT2D eigenvalue weighted by Gasteiger charge is -2.01. The van der Waals surface area contributed by atoms with Gasteiger partial charge in [0.15, 0.2) is 5.16 Å². The second-order valence-corrected chi connectivity index (χ2v) is 3.52. The van der Waals surface area contributed by atoms with Gasteiger partial charge in [-0.2, -0.15) is 15.0 Å². The molecule has 82 valence electrons. The van der Waals surface area contributed by atoms with Crippen LogP contribution in [0.4, 0.5) is 0 Å². The van der Waals surface area contributed by atoms with Crippen molar-refractivity contribution in [2.45, 2.75) is 5.16 Å². The number of carbonyl (C=O) groups excluding carboxylic acids is 1. The van der Waals surface area contributed by atoms with Gasteiger partial charge in [-0.3, -0.25) is 4.79 Å². The highest BCUT2D eigenvalue weighted by molar-refractivity contribution is 7.99. The van der Waals surface area contributed by atoms with Gasteiger partial charge in [-0.1, -0.05) is 11.8 Å². The lowest BCUT2D eigenvalue weighted by Crippen LogP contribution is -2.04. The average Bonchev–Trinajstić information content (AvgIpc) is 2.25. The van der Waals surface area contributed by atoms with Gasteiger partial charge in [0.2, 0.25) is 5.28 Å². The van der Waals surface area contributed by atoms with Crippen LogP contribution in [0.25, 0.3) is 0 Å². The number of methoxy groups -OCH3 is 2. The van der Waals surface area contributed by atoms with Crippen LogP contribution in [0, 0.1) is 0 Å². The first-order chi connectivity index (χ1) is 7.15. The van der Waals surface area contributed by atoms with Crippen molar-refractivity contribution in [3.8, 4) is 6.01 Å². The lowest BCUT2D eigenvalue weighted by molar-refractivity contribution is -0.137. The Balaban J connectivity index is 2.68. The molecule has 0 aliphatic rings. The van der Waals surface area contributed by atoms with E-state index in [2.05, 4.69) is 19.7 Å². The molecule has 0 radical (unpaired) electrons. The Morgan fingerprint density at radius 1 is 1.40 bits per heavy atom. The number of ether oxygens (including phenoxy) is 2. The van der Waals surface area contributed by atoms with Crippen LogP contribution >= 0.6 is 23.4 Å². The maximum atomic E-state index is 10.8. The van der Waals surface area contributed by atoms with E-state index < -0.39 is 0 Å². The SMILES string of the molecule is COC(=O)CSc1nc(Cl)nc(OC)n1. The van der Waals surface area contributed by atoms with E-state index in [-0.39, 0.29) is 23.0 Å². The molecule has 0 amide bonds. The van der Waals surface area contributed by atoms with Crippen molar-refractivity contribution in [2.24, 2.45) is 0 Å². The largest absolute Gasteiger partial charge is 0.468 e. The Morgan fingerprint density at radius 2 is 2.13 bits per heavy atom. The summed E-state index contributed by atoms with van der Waals surface area (Å²) < 4.78 is 9.26. The number of halogens is 1. The number of nitrogens with zero attached hydrogens (tertiary/aromatic N) is 3. The molecule has 0 bridgehead atoms. The van der Waals surface area contributed by atoms with Crippen LogP contribution in [0.5, 0.6) is 6.01 Å². The number of esters is 1. The summed E-state index contributed by atoms with van der Waals surface area (Å²) in [5, 5.41) is 0.339. The average molecular weight is 250 g/mol. The quantitative estimate of drug-likeness (QED) is 0.577. The molecule has 0 saturated carbocycles. The summed E-state index contributed by atoms with van der Waals surface area (Å²) in [6, 6.07) is 0.113. The second-order valence-electron chi connectivity index (χ2n) is 2.24. The third kappa shape index (κ3) is 3.88. The van der Waals surface area contributed by atoms with E-state index >= 15 is 0 Å². The van der Waals surface area contributed by atoms with E-state index in [1.54, 1.807) is 0 Å². The molecule has 15 heavy (non-hydrogen) atoms. The van der Waals surface area contributed by atoms with E-state index in [0.717, 1.165) is 11.8 Å². The van der Waals surface area contributed by atoms with Crippen molar-refractivity contribution in [3.63, 3.8) is 0 Å². The van der Waals surface area contributed by atoms with Crippen LogP contribution < -0.4 is 4.74 Å². The van der Waals surface area contributed by atoms with Gasteiger partial charge in [0.05, 0.1) is 20.0 Å². The molecule has 1 rings (SSSR count). The summed E-state index contributed by atoms with van der Waals surface area (Å²) in [6.07, 6.45) is 0. The van der Waals surface area contributed by atoms with Crippen LogP contribution in [-0.4, -0.2) is 40.9 Å². The molecule has 0 aliphatic heterocycles. The fourth-order valence-electron chi connectivity index (χ4n) is 0.653. The minimum Gasteiger partial charge on any atom is -0.468 e. The van der Waals surface area contributed by atoms with Crippen LogP contribution in [0.2, 0.25) is 5.28 Å². The smallest absolute Gasteiger partial charge is 0.321 e. The zero-order valence-electron chi connectivity index (χ0n) is 8.06. The summed E-state index contributed by atoms with van der Waals surface area (Å²) in [4.78, 5) is 22.2. The van der Waals surface area contributed by atoms with Gasteiger partial charge in [0, 0.05) is 0 Å². The van der Waals surface area contributed by atoms with Crippen molar-refractivity contribution in [2.75, 3.05) is 20.0 Å². The van der Waals surface area contributed by atoms with Crippen molar-refractivity contribution in [1.82, 2.24) is 15.0 Å². The first-order valence-corrected chi connectivity index (χ1v) is 5.17. The molecule has 0 atom stereocenters. The van der Waals surface area contributed by atoms with Gasteiger partial charge >= 0.3 is 12.0 Å². The number of thioether (sulfide) groups is 1. The van der Waals surface area contributed by atoms with Gasteiger partial charge in [-0.05, 0) is 11.6 Å². The number of carbonyl (C=O) groups is 1. The van der Waals surface area contributed by atoms with Crippen LogP contribution in [0.15, 0.2) is 5.16 Å². The summed E-state index contributed by atoms with van der Waals surface area (Å²) in [7, 11) is 2.73. The minimum atomic E-state index is -0.365. The molecule has 8 heteroatoms. The van der Waals surface area contributed by atoms with E-state index in [0.29, 0.717) is 5.16 Å². The lowest BCUT2D eigenvalue weighted by atomic mass is 10.8. The molecule has 0 saturated heterocycles. The van der Waals surface area contributed by atoms with Gasteiger partial charge in [-0.25, -0.2) is 0 Å². The Labute approximate surface area is 95.4 Å². The predicted molar refractivity (Wildman–Crippen MR) is 54.1 cm³/mol. The van der Waals surface area contributed by atoms with Crippen LogP contribution in [0.3, 0.4) is 0 Å². The van der Waals surface area contributed by atoms with Crippen LogP contribution in [-0.2, 0) is 9.53 Å². The maximum Gasteiger partial charge on any atom is 0.321 e. The monoisotopic (exact) mass is 249 g/mol. The number of hydrogen-bond donors (Lipinski definition) is 0. The second kappa shape index (κ2) is 5.72. The first-order valence-electron chi connectivity index (χ1n) is 3.81. The Kier molecular flexibility index (Phi) is 4.57. The third-order valence-corrected chi connectivity index (χ3v) is 2.29. The number of hydrogen-bond acceptors (Lipinski definition) is 7. The molecular formula is C7H8ClN3O3S. The molecular weight excluding hydrogens is 242 g/mol. The first kappa shape index (κ1) is 12.0. The van der Waals surface area contributed by atoms with E-state index in [1.165, 1.54) is 14.2 Å².